The molecule has 7 heteroatoms. The fourth-order valence-corrected chi connectivity index (χ4v) is 5.18. The van der Waals surface area contributed by atoms with Crippen LogP contribution in [0, 0.1) is 12.8 Å². The van der Waals surface area contributed by atoms with Crippen LogP contribution in [0.5, 0.6) is 0 Å². The van der Waals surface area contributed by atoms with E-state index < -0.39 is 5.60 Å². The number of aromatic nitrogens is 2. The number of ether oxygens (including phenoxy) is 2. The fraction of sp³-hybridized carbons (Fsp3) is 0.469. The Kier molecular flexibility index (Phi) is 8.19. The third-order valence-corrected chi connectivity index (χ3v) is 6.89. The average molecular weight is 532 g/mol. The molecule has 0 N–H and O–H groups in total. The van der Waals surface area contributed by atoms with E-state index in [0.717, 1.165) is 64.1 Å². The van der Waals surface area contributed by atoms with E-state index in [2.05, 4.69) is 49.6 Å². The van der Waals surface area contributed by atoms with Gasteiger partial charge >= 0.3 is 12.1 Å². The molecule has 0 atom stereocenters. The molecule has 4 rings (SSSR count). The number of amides is 1. The van der Waals surface area contributed by atoms with Crippen LogP contribution in [0.4, 0.5) is 4.79 Å². The number of rotatable bonds is 6. The third-order valence-electron chi connectivity index (χ3n) is 6.89. The van der Waals surface area contributed by atoms with E-state index in [1.165, 1.54) is 7.11 Å². The van der Waals surface area contributed by atoms with Gasteiger partial charge in [0, 0.05) is 46.7 Å². The van der Waals surface area contributed by atoms with Crippen molar-refractivity contribution in [3.05, 3.63) is 59.1 Å². The highest BCUT2D eigenvalue weighted by Gasteiger charge is 2.27. The Hall–Kier alpha value is -3.61. The highest BCUT2D eigenvalue weighted by Crippen LogP contribution is 2.37. The van der Waals surface area contributed by atoms with Gasteiger partial charge in [0.15, 0.2) is 0 Å². The first-order valence-corrected chi connectivity index (χ1v) is 13.8. The van der Waals surface area contributed by atoms with Gasteiger partial charge in [0.2, 0.25) is 0 Å². The van der Waals surface area contributed by atoms with Gasteiger partial charge in [0.25, 0.3) is 0 Å². The van der Waals surface area contributed by atoms with E-state index in [0.29, 0.717) is 24.6 Å². The molecule has 1 amide bonds. The second kappa shape index (κ2) is 11.2. The summed E-state index contributed by atoms with van der Waals surface area (Å²) in [6, 6.07) is 10.1. The van der Waals surface area contributed by atoms with E-state index in [1.54, 1.807) is 4.90 Å². The molecular weight excluding hydrogens is 490 g/mol. The number of hydrogen-bond acceptors (Lipinski definition) is 5. The topological polar surface area (TPSA) is 73.7 Å². The molecule has 3 heterocycles. The number of fused-ring (bicyclic) bond motifs is 1. The van der Waals surface area contributed by atoms with Crippen molar-refractivity contribution >= 4 is 28.5 Å². The first-order chi connectivity index (χ1) is 18.4. The normalized spacial score (nSPS) is 14.1. The van der Waals surface area contributed by atoms with Crippen LogP contribution in [-0.2, 0) is 22.4 Å². The molecular formula is C32H41N3O4. The maximum atomic E-state index is 12.9. The third kappa shape index (κ3) is 6.18. The molecule has 0 saturated carbocycles. The number of methoxy groups -OCH3 is 1. The van der Waals surface area contributed by atoms with Gasteiger partial charge in [0.05, 0.1) is 24.7 Å². The lowest BCUT2D eigenvalue weighted by Crippen LogP contribution is -2.39. The molecule has 1 aromatic carbocycles. The molecule has 2 aromatic heterocycles. The van der Waals surface area contributed by atoms with Crippen molar-refractivity contribution in [3.8, 4) is 11.1 Å². The first kappa shape index (κ1) is 28.4. The Balaban J connectivity index is 1.91. The van der Waals surface area contributed by atoms with Gasteiger partial charge in [-0.1, -0.05) is 32.9 Å². The maximum absolute atomic E-state index is 12.9. The largest absolute Gasteiger partial charge is 0.465 e. The van der Waals surface area contributed by atoms with Crippen molar-refractivity contribution in [2.24, 2.45) is 5.92 Å². The van der Waals surface area contributed by atoms with Crippen LogP contribution in [0.15, 0.2) is 36.4 Å². The molecule has 3 aromatic rings. The number of carbonyl (C=O) groups excluding carboxylic acids is 2. The Morgan fingerprint density at radius 1 is 1.10 bits per heavy atom. The Labute approximate surface area is 231 Å². The predicted octanol–water partition coefficient (Wildman–Crippen LogP) is 7.04. The monoisotopic (exact) mass is 531 g/mol. The quantitative estimate of drug-likeness (QED) is 0.319. The van der Waals surface area contributed by atoms with E-state index in [9.17, 15) is 9.59 Å². The molecule has 39 heavy (non-hydrogen) atoms. The summed E-state index contributed by atoms with van der Waals surface area (Å²) >= 11 is 0. The van der Waals surface area contributed by atoms with Crippen LogP contribution in [0.25, 0.3) is 27.6 Å². The summed E-state index contributed by atoms with van der Waals surface area (Å²) in [5, 5.41) is 0.956. The summed E-state index contributed by atoms with van der Waals surface area (Å²) in [4.78, 5) is 32.2. The van der Waals surface area contributed by atoms with Gasteiger partial charge < -0.3 is 18.9 Å². The molecule has 0 saturated heterocycles. The summed E-state index contributed by atoms with van der Waals surface area (Å²) in [5.41, 5.74) is 7.02. The molecule has 7 nitrogen and oxygen atoms in total. The zero-order valence-electron chi connectivity index (χ0n) is 24.6. The van der Waals surface area contributed by atoms with E-state index in [4.69, 9.17) is 14.5 Å². The van der Waals surface area contributed by atoms with Gasteiger partial charge in [-0.05, 0) is 76.3 Å². The lowest BCUT2D eigenvalue weighted by molar-refractivity contribution is 0.0272. The molecule has 0 aliphatic carbocycles. The summed E-state index contributed by atoms with van der Waals surface area (Å²) < 4.78 is 13.1. The lowest BCUT2D eigenvalue weighted by Gasteiger charge is -2.30. The Morgan fingerprint density at radius 2 is 1.85 bits per heavy atom. The molecule has 0 radical (unpaired) electrons. The summed E-state index contributed by atoms with van der Waals surface area (Å²) in [7, 11) is 1.41. The Morgan fingerprint density at radius 3 is 2.46 bits per heavy atom. The van der Waals surface area contributed by atoms with Crippen molar-refractivity contribution in [1.82, 2.24) is 14.5 Å². The number of pyridine rings is 1. The van der Waals surface area contributed by atoms with Crippen LogP contribution >= 0.6 is 0 Å². The SMILES string of the molecule is CCc1ccc(-c2cc(C(=O)OC)cc3cc(C4=CCCN(C(=O)OC(C)(C)C)C4)n(CC(C)C)c23)c(C)n1. The molecule has 0 unspecified atom stereocenters. The summed E-state index contributed by atoms with van der Waals surface area (Å²) in [5.74, 6) is 0.000375. The highest BCUT2D eigenvalue weighted by atomic mass is 16.6. The molecule has 0 fully saturated rings. The molecule has 208 valence electrons. The van der Waals surface area contributed by atoms with Crippen LogP contribution in [-0.4, -0.2) is 52.3 Å². The number of carbonyl (C=O) groups is 2. The minimum atomic E-state index is -0.552. The zero-order valence-corrected chi connectivity index (χ0v) is 24.6. The molecule has 1 aliphatic heterocycles. The maximum Gasteiger partial charge on any atom is 0.410 e. The minimum absolute atomic E-state index is 0.300. The van der Waals surface area contributed by atoms with Gasteiger partial charge in [-0.15, -0.1) is 0 Å². The lowest BCUT2D eigenvalue weighted by atomic mass is 9.98. The second-order valence-corrected chi connectivity index (χ2v) is 11.7. The van der Waals surface area contributed by atoms with Crippen LogP contribution in [0.3, 0.4) is 0 Å². The summed E-state index contributed by atoms with van der Waals surface area (Å²) in [6.45, 7) is 16.0. The van der Waals surface area contributed by atoms with Gasteiger partial charge in [-0.3, -0.25) is 4.98 Å². The van der Waals surface area contributed by atoms with Crippen molar-refractivity contribution < 1.29 is 19.1 Å². The predicted molar refractivity (Wildman–Crippen MR) is 156 cm³/mol. The van der Waals surface area contributed by atoms with E-state index in [1.807, 2.05) is 39.8 Å². The van der Waals surface area contributed by atoms with Crippen molar-refractivity contribution in [2.75, 3.05) is 20.2 Å². The van der Waals surface area contributed by atoms with E-state index >= 15 is 0 Å². The summed E-state index contributed by atoms with van der Waals surface area (Å²) in [6.07, 6.45) is 3.52. The fourth-order valence-electron chi connectivity index (χ4n) is 5.18. The minimum Gasteiger partial charge on any atom is -0.465 e. The number of aryl methyl sites for hydroxylation is 2. The first-order valence-electron chi connectivity index (χ1n) is 13.8. The molecule has 0 bridgehead atoms. The van der Waals surface area contributed by atoms with Crippen molar-refractivity contribution in [3.63, 3.8) is 0 Å². The van der Waals surface area contributed by atoms with Gasteiger partial charge in [0.1, 0.15) is 5.60 Å². The second-order valence-electron chi connectivity index (χ2n) is 11.7. The zero-order chi connectivity index (χ0) is 28.5. The van der Waals surface area contributed by atoms with Crippen LogP contribution in [0.2, 0.25) is 0 Å². The smallest absolute Gasteiger partial charge is 0.410 e. The molecule has 0 spiro atoms. The molecule has 1 aliphatic rings. The van der Waals surface area contributed by atoms with Gasteiger partial charge in [-0.2, -0.15) is 0 Å². The number of nitrogens with zero attached hydrogens (tertiary/aromatic N) is 3. The number of benzene rings is 1. The van der Waals surface area contributed by atoms with E-state index in [-0.39, 0.29) is 12.1 Å². The van der Waals surface area contributed by atoms with Gasteiger partial charge in [-0.25, -0.2) is 9.59 Å². The number of esters is 1. The van der Waals surface area contributed by atoms with Crippen LogP contribution in [0.1, 0.15) is 75.4 Å². The standard InChI is InChI=1S/C32H41N3O4/c1-9-25-12-13-26(21(4)33-25)27-16-24(30(36)38-8)15-23-17-28(35(29(23)27)18-20(2)3)22-11-10-14-34(19-22)31(37)39-32(5,6)7/h11-13,15-17,20H,9-10,14,18-19H2,1-8H3. The average Bonchev–Trinajstić information content (AvgIpc) is 3.24. The van der Waals surface area contributed by atoms with Crippen LogP contribution < -0.4 is 0 Å². The van der Waals surface area contributed by atoms with Crippen molar-refractivity contribution in [1.29, 1.82) is 0 Å². The Bertz CT molecular complexity index is 1430. The van der Waals surface area contributed by atoms with Crippen molar-refractivity contribution in [2.45, 2.75) is 73.5 Å². The number of hydrogen-bond donors (Lipinski definition) is 0. The highest BCUT2D eigenvalue weighted by molar-refractivity contribution is 6.04.